The number of anilines is 2. The molecule has 0 radical (unpaired) electrons. The zero-order valence-electron chi connectivity index (χ0n) is 15.7. The zero-order chi connectivity index (χ0) is 18.6. The van der Waals surface area contributed by atoms with Crippen LogP contribution in [0, 0.1) is 0 Å². The molecule has 140 valence electrons. The molecule has 3 N–H and O–H groups in total. The Balaban J connectivity index is 1.76. The van der Waals surface area contributed by atoms with Crippen LogP contribution in [-0.2, 0) is 0 Å². The molecule has 4 heterocycles. The van der Waals surface area contributed by atoms with Gasteiger partial charge in [0.25, 0.3) is 0 Å². The van der Waals surface area contributed by atoms with Gasteiger partial charge >= 0.3 is 0 Å². The summed E-state index contributed by atoms with van der Waals surface area (Å²) in [5, 5.41) is 13.8. The van der Waals surface area contributed by atoms with E-state index in [0.717, 1.165) is 60.2 Å². The third-order valence-electron chi connectivity index (χ3n) is 4.58. The lowest BCUT2D eigenvalue weighted by Gasteiger charge is -2.29. The first-order valence-corrected chi connectivity index (χ1v) is 9.39. The first-order valence-electron chi connectivity index (χ1n) is 9.39. The summed E-state index contributed by atoms with van der Waals surface area (Å²) in [6.45, 7) is 8.08. The molecule has 0 saturated carbocycles. The summed E-state index contributed by atoms with van der Waals surface area (Å²) in [5.41, 5.74) is 4.16. The fourth-order valence-corrected chi connectivity index (χ4v) is 3.26. The van der Waals surface area contributed by atoms with Crippen LogP contribution in [-0.4, -0.2) is 52.4 Å². The Bertz CT molecular complexity index is 883. The van der Waals surface area contributed by atoms with Gasteiger partial charge in [-0.3, -0.25) is 5.10 Å². The third kappa shape index (κ3) is 4.09. The fraction of sp³-hybridized carbons (Fsp3) is 0.350. The summed E-state index contributed by atoms with van der Waals surface area (Å²) in [4.78, 5) is 11.7. The normalized spacial score (nSPS) is 14.6. The summed E-state index contributed by atoms with van der Waals surface area (Å²) in [6.07, 6.45) is 5.59. The second-order valence-corrected chi connectivity index (χ2v) is 7.05. The molecule has 0 atom stereocenters. The highest BCUT2D eigenvalue weighted by Crippen LogP contribution is 2.29. The predicted octanol–water partition coefficient (Wildman–Crippen LogP) is 2.76. The number of hydrogen-bond donors (Lipinski definition) is 3. The molecular weight excluding hydrogens is 338 g/mol. The monoisotopic (exact) mass is 363 g/mol. The molecule has 0 unspecified atom stereocenters. The maximum atomic E-state index is 4.97. The Morgan fingerprint density at radius 3 is 2.67 bits per heavy atom. The predicted molar refractivity (Wildman–Crippen MR) is 109 cm³/mol. The van der Waals surface area contributed by atoms with E-state index in [1.165, 1.54) is 0 Å². The van der Waals surface area contributed by atoms with Crippen molar-refractivity contribution in [1.29, 1.82) is 0 Å². The molecule has 0 bridgehead atoms. The van der Waals surface area contributed by atoms with E-state index < -0.39 is 0 Å². The molecule has 7 heteroatoms. The maximum absolute atomic E-state index is 4.97. The van der Waals surface area contributed by atoms with E-state index in [1.807, 2.05) is 24.7 Å². The summed E-state index contributed by atoms with van der Waals surface area (Å²) in [6, 6.07) is 8.66. The quantitative estimate of drug-likeness (QED) is 0.647. The topological polar surface area (TPSA) is 81.8 Å². The summed E-state index contributed by atoms with van der Waals surface area (Å²) in [7, 11) is 0. The molecule has 1 fully saturated rings. The van der Waals surface area contributed by atoms with Crippen molar-refractivity contribution in [2.45, 2.75) is 19.9 Å². The Labute approximate surface area is 159 Å². The second-order valence-electron chi connectivity index (χ2n) is 7.05. The number of piperazine rings is 1. The van der Waals surface area contributed by atoms with Crippen LogP contribution >= 0.6 is 0 Å². The highest BCUT2D eigenvalue weighted by Gasteiger charge is 2.15. The average Bonchev–Trinajstić information content (AvgIpc) is 3.23. The Kier molecular flexibility index (Phi) is 5.02. The molecule has 27 heavy (non-hydrogen) atoms. The molecule has 4 rings (SSSR count). The minimum absolute atomic E-state index is 0.328. The van der Waals surface area contributed by atoms with Gasteiger partial charge in [-0.15, -0.1) is 0 Å². The zero-order valence-corrected chi connectivity index (χ0v) is 15.7. The number of pyridine rings is 2. The highest BCUT2D eigenvalue weighted by molar-refractivity contribution is 5.74. The van der Waals surface area contributed by atoms with Gasteiger partial charge in [0.2, 0.25) is 0 Å². The first-order chi connectivity index (χ1) is 13.2. The molecule has 0 aliphatic carbocycles. The van der Waals surface area contributed by atoms with E-state index >= 15 is 0 Å². The largest absolute Gasteiger partial charge is 0.368 e. The highest BCUT2D eigenvalue weighted by atomic mass is 15.2. The number of H-pyrrole nitrogens is 1. The van der Waals surface area contributed by atoms with E-state index in [9.17, 15) is 0 Å². The number of aromatic amines is 1. The third-order valence-corrected chi connectivity index (χ3v) is 4.58. The van der Waals surface area contributed by atoms with E-state index in [4.69, 9.17) is 4.98 Å². The van der Waals surface area contributed by atoms with Gasteiger partial charge in [-0.1, -0.05) is 0 Å². The Morgan fingerprint density at radius 1 is 1.07 bits per heavy atom. The number of aromatic nitrogens is 4. The van der Waals surface area contributed by atoms with Crippen LogP contribution in [0.4, 0.5) is 11.6 Å². The van der Waals surface area contributed by atoms with Crippen molar-refractivity contribution in [3.05, 3.63) is 42.9 Å². The molecule has 1 saturated heterocycles. The molecule has 0 amide bonds. The summed E-state index contributed by atoms with van der Waals surface area (Å²) < 4.78 is 0. The van der Waals surface area contributed by atoms with E-state index in [0.29, 0.717) is 6.04 Å². The van der Waals surface area contributed by atoms with Gasteiger partial charge in [0.15, 0.2) is 0 Å². The van der Waals surface area contributed by atoms with Crippen LogP contribution in [0.1, 0.15) is 13.8 Å². The standard InChI is InChI=1S/C20H25N7/c1-14(2)25-19-10-15(3-4-22-19)18-9-16(17-12-23-24-13-17)11-20(26-18)27-7-5-21-6-8-27/h3-4,9-14,21H,5-8H2,1-2H3,(H,22,25)(H,23,24). The van der Waals surface area contributed by atoms with Crippen molar-refractivity contribution >= 4 is 11.6 Å². The molecule has 1 aliphatic heterocycles. The number of hydrogen-bond acceptors (Lipinski definition) is 6. The van der Waals surface area contributed by atoms with Crippen LogP contribution in [0.25, 0.3) is 22.4 Å². The Hall–Kier alpha value is -2.93. The molecule has 1 aliphatic rings. The number of nitrogens with one attached hydrogen (secondary N) is 3. The molecule has 0 spiro atoms. The van der Waals surface area contributed by atoms with Crippen molar-refractivity contribution in [1.82, 2.24) is 25.5 Å². The SMILES string of the molecule is CC(C)Nc1cc(-c2cc(-c3cn[nH]c3)cc(N3CCNCC3)n2)ccn1. The molecule has 7 nitrogen and oxygen atoms in total. The van der Waals surface area contributed by atoms with E-state index in [-0.39, 0.29) is 0 Å². The minimum atomic E-state index is 0.328. The number of rotatable bonds is 5. The van der Waals surface area contributed by atoms with Gasteiger partial charge in [0.05, 0.1) is 11.9 Å². The van der Waals surface area contributed by atoms with Gasteiger partial charge in [-0.2, -0.15) is 5.10 Å². The van der Waals surface area contributed by atoms with Crippen molar-refractivity contribution < 1.29 is 0 Å². The van der Waals surface area contributed by atoms with Gasteiger partial charge in [0, 0.05) is 55.7 Å². The van der Waals surface area contributed by atoms with Crippen LogP contribution in [0.15, 0.2) is 42.9 Å². The number of nitrogens with zero attached hydrogens (tertiary/aromatic N) is 4. The maximum Gasteiger partial charge on any atom is 0.129 e. The lowest BCUT2D eigenvalue weighted by molar-refractivity contribution is 0.585. The van der Waals surface area contributed by atoms with Crippen molar-refractivity contribution in [3.63, 3.8) is 0 Å². The van der Waals surface area contributed by atoms with Gasteiger partial charge in [-0.25, -0.2) is 9.97 Å². The van der Waals surface area contributed by atoms with E-state index in [2.05, 4.69) is 62.8 Å². The van der Waals surface area contributed by atoms with Crippen LogP contribution < -0.4 is 15.5 Å². The van der Waals surface area contributed by atoms with Gasteiger partial charge in [-0.05, 0) is 43.7 Å². The summed E-state index contributed by atoms with van der Waals surface area (Å²) >= 11 is 0. The van der Waals surface area contributed by atoms with Gasteiger partial charge < -0.3 is 15.5 Å². The first kappa shape index (κ1) is 17.5. The van der Waals surface area contributed by atoms with Gasteiger partial charge in [0.1, 0.15) is 11.6 Å². The fourth-order valence-electron chi connectivity index (χ4n) is 3.26. The Morgan fingerprint density at radius 2 is 1.93 bits per heavy atom. The van der Waals surface area contributed by atoms with Crippen molar-refractivity contribution in [2.75, 3.05) is 36.4 Å². The van der Waals surface area contributed by atoms with Crippen LogP contribution in [0.5, 0.6) is 0 Å². The molecule has 3 aromatic rings. The van der Waals surface area contributed by atoms with Crippen molar-refractivity contribution in [2.24, 2.45) is 0 Å². The molecule has 3 aromatic heterocycles. The van der Waals surface area contributed by atoms with E-state index in [1.54, 1.807) is 0 Å². The minimum Gasteiger partial charge on any atom is -0.368 e. The smallest absolute Gasteiger partial charge is 0.129 e. The second kappa shape index (κ2) is 7.75. The molecular formula is C20H25N7. The average molecular weight is 363 g/mol. The lowest BCUT2D eigenvalue weighted by atomic mass is 10.1. The lowest BCUT2D eigenvalue weighted by Crippen LogP contribution is -2.43. The molecule has 0 aromatic carbocycles. The van der Waals surface area contributed by atoms with Crippen LogP contribution in [0.3, 0.4) is 0 Å². The summed E-state index contributed by atoms with van der Waals surface area (Å²) in [5.74, 6) is 1.86. The van der Waals surface area contributed by atoms with Crippen LogP contribution in [0.2, 0.25) is 0 Å². The van der Waals surface area contributed by atoms with Crippen molar-refractivity contribution in [3.8, 4) is 22.4 Å².